The van der Waals surface area contributed by atoms with Crippen LogP contribution in [0.15, 0.2) is 0 Å². The molecule has 0 aromatic heterocycles. The summed E-state index contributed by atoms with van der Waals surface area (Å²) in [5, 5.41) is 0. The number of hydrogen-bond donors (Lipinski definition) is 2. The summed E-state index contributed by atoms with van der Waals surface area (Å²) in [6.45, 7) is 0. The lowest BCUT2D eigenvalue weighted by molar-refractivity contribution is -0.140. The second-order valence-corrected chi connectivity index (χ2v) is 2.03. The third kappa shape index (κ3) is 1.49. The first-order valence-electron chi connectivity index (χ1n) is 1.73. The molecule has 0 aromatic carbocycles. The van der Waals surface area contributed by atoms with E-state index >= 15 is 0 Å². The summed E-state index contributed by atoms with van der Waals surface area (Å²) in [5.74, 6) is -0.902. The average molecular weight is 137 g/mol. The Balaban J connectivity index is 2.16. The lowest BCUT2D eigenvalue weighted by Gasteiger charge is -1.90. The zero-order valence-corrected chi connectivity index (χ0v) is 4.55. The molecule has 5 nitrogen and oxygen atoms in total. The summed E-state index contributed by atoms with van der Waals surface area (Å²) < 4.78 is 8.53. The number of carbonyl (C=O) groups excluding carboxylic acids is 2. The van der Waals surface area contributed by atoms with E-state index in [1.54, 1.807) is 0 Å². The second kappa shape index (κ2) is 2.12. The van der Waals surface area contributed by atoms with Crippen LogP contribution in [0.3, 0.4) is 0 Å². The van der Waals surface area contributed by atoms with Crippen LogP contribution in [0.25, 0.3) is 0 Å². The fourth-order valence-electron chi connectivity index (χ4n) is 0.157. The summed E-state index contributed by atoms with van der Waals surface area (Å²) in [7, 11) is 0. The zero-order valence-electron chi connectivity index (χ0n) is 3.66. The molecule has 1 aliphatic heterocycles. The summed E-state index contributed by atoms with van der Waals surface area (Å²) in [6, 6.07) is 0. The topological polar surface area (TPSA) is 77.8 Å². The summed E-state index contributed by atoms with van der Waals surface area (Å²) in [5.41, 5.74) is 0. The first-order chi connectivity index (χ1) is 3.83. The van der Waals surface area contributed by atoms with E-state index in [9.17, 15) is 9.59 Å². The van der Waals surface area contributed by atoms with Crippen LogP contribution in [0.5, 0.6) is 0 Å². The maximum atomic E-state index is 9.97. The van der Waals surface area contributed by atoms with Crippen molar-refractivity contribution in [1.82, 2.24) is 4.89 Å². The molecule has 8 heavy (non-hydrogen) atoms. The van der Waals surface area contributed by atoms with E-state index in [0.717, 1.165) is 0 Å². The van der Waals surface area contributed by atoms with E-state index in [2.05, 4.69) is 13.4 Å². The molecule has 46 valence electrons. The molecule has 0 aliphatic carbocycles. The van der Waals surface area contributed by atoms with Crippen LogP contribution in [0.2, 0.25) is 0 Å². The third-order valence-corrected chi connectivity index (χ3v) is 1.11. The maximum Gasteiger partial charge on any atom is 0.393 e. The van der Waals surface area contributed by atoms with Crippen LogP contribution >= 0.6 is 11.6 Å². The maximum absolute atomic E-state index is 9.97. The standard InChI is InChI=1S/C2H3NO4S/c4-1-2(5)6-8-3-7-8/h1,3,8H. The molecule has 0 aromatic rings. The Labute approximate surface area is 47.8 Å². The van der Waals surface area contributed by atoms with Crippen molar-refractivity contribution >= 4 is 23.9 Å². The van der Waals surface area contributed by atoms with Gasteiger partial charge in [-0.1, -0.05) is 16.5 Å². The first-order valence-corrected chi connectivity index (χ1v) is 2.90. The molecule has 0 spiro atoms. The first kappa shape index (κ1) is 5.54. The van der Waals surface area contributed by atoms with Gasteiger partial charge in [-0.25, -0.2) is 4.79 Å². The molecule has 0 radical (unpaired) electrons. The van der Waals surface area contributed by atoms with Gasteiger partial charge >= 0.3 is 5.97 Å². The summed E-state index contributed by atoms with van der Waals surface area (Å²) in [4.78, 5) is 21.8. The van der Waals surface area contributed by atoms with E-state index in [4.69, 9.17) is 0 Å². The number of hydrogen-bond acceptors (Lipinski definition) is 5. The second-order valence-electron chi connectivity index (χ2n) is 0.968. The molecular weight excluding hydrogens is 134 g/mol. The van der Waals surface area contributed by atoms with Crippen LogP contribution in [0, 0.1) is 0 Å². The van der Waals surface area contributed by atoms with E-state index in [-0.39, 0.29) is 6.29 Å². The van der Waals surface area contributed by atoms with Crippen molar-refractivity contribution in [3.8, 4) is 0 Å². The van der Waals surface area contributed by atoms with Gasteiger partial charge in [0.1, 0.15) is 0 Å². The van der Waals surface area contributed by atoms with Gasteiger partial charge in [0.15, 0.2) is 0 Å². The highest BCUT2D eigenvalue weighted by Crippen LogP contribution is 2.35. The number of rotatable bonds is 2. The van der Waals surface area contributed by atoms with Gasteiger partial charge in [0.2, 0.25) is 6.29 Å². The van der Waals surface area contributed by atoms with Crippen molar-refractivity contribution in [2.75, 3.05) is 0 Å². The molecule has 1 heterocycles. The molecule has 1 saturated heterocycles. The van der Waals surface area contributed by atoms with Gasteiger partial charge in [-0.05, 0) is 0 Å². The van der Waals surface area contributed by atoms with Gasteiger partial charge in [-0.15, -0.1) is 0 Å². The minimum absolute atomic E-state index is 0.0890. The van der Waals surface area contributed by atoms with E-state index in [1.165, 1.54) is 0 Å². The molecule has 6 heteroatoms. The van der Waals surface area contributed by atoms with Crippen LogP contribution in [-0.2, 0) is 18.1 Å². The molecule has 1 fully saturated rings. The smallest absolute Gasteiger partial charge is 0.331 e. The van der Waals surface area contributed by atoms with Gasteiger partial charge in [0, 0.05) is 0 Å². The van der Waals surface area contributed by atoms with Crippen LogP contribution < -0.4 is 4.89 Å². The van der Waals surface area contributed by atoms with Gasteiger partial charge < -0.3 is 4.18 Å². The normalized spacial score (nSPS) is 28.8. The van der Waals surface area contributed by atoms with Crippen LogP contribution in [0.1, 0.15) is 0 Å². The van der Waals surface area contributed by atoms with Crippen molar-refractivity contribution < 1.29 is 18.1 Å². The molecule has 1 aliphatic rings. The Morgan fingerprint density at radius 3 is 2.88 bits per heavy atom. The third-order valence-electron chi connectivity index (χ3n) is 0.435. The Bertz CT molecular complexity index is 121. The van der Waals surface area contributed by atoms with Crippen LogP contribution in [0.4, 0.5) is 0 Å². The lowest BCUT2D eigenvalue weighted by atomic mass is 10.8. The van der Waals surface area contributed by atoms with Crippen molar-refractivity contribution in [2.45, 2.75) is 0 Å². The van der Waals surface area contributed by atoms with Gasteiger partial charge in [0.05, 0.1) is 0 Å². The van der Waals surface area contributed by atoms with Gasteiger partial charge in [-0.2, -0.15) is 4.28 Å². The van der Waals surface area contributed by atoms with Gasteiger partial charge in [0.25, 0.3) is 0 Å². The predicted molar refractivity (Wildman–Crippen MR) is 25.4 cm³/mol. The van der Waals surface area contributed by atoms with Crippen LogP contribution in [-0.4, -0.2) is 12.3 Å². The summed E-state index contributed by atoms with van der Waals surface area (Å²) >= 11 is -1.23. The summed E-state index contributed by atoms with van der Waals surface area (Å²) in [6.07, 6.45) is 0.0890. The molecule has 1 atom stereocenters. The molecule has 1 N–H and O–H groups in total. The van der Waals surface area contributed by atoms with Gasteiger partial charge in [-0.3, -0.25) is 4.79 Å². The Hall–Kier alpha value is -0.590. The monoisotopic (exact) mass is 137 g/mol. The van der Waals surface area contributed by atoms with Crippen molar-refractivity contribution in [1.29, 1.82) is 0 Å². The molecule has 1 unspecified atom stereocenters. The van der Waals surface area contributed by atoms with Crippen molar-refractivity contribution in [3.05, 3.63) is 0 Å². The number of carbonyl (C=O) groups is 2. The molecule has 0 bridgehead atoms. The average Bonchev–Trinajstić information content (AvgIpc) is 2.50. The minimum Gasteiger partial charge on any atom is -0.331 e. The van der Waals surface area contributed by atoms with E-state index < -0.39 is 17.6 Å². The van der Waals surface area contributed by atoms with E-state index in [0.29, 0.717) is 0 Å². The quantitative estimate of drug-likeness (QED) is 0.221. The zero-order chi connectivity index (χ0) is 5.98. The highest BCUT2D eigenvalue weighted by molar-refractivity contribution is 8.11. The molecule has 0 amide bonds. The predicted octanol–water partition coefficient (Wildman–Crippen LogP) is -0.991. The largest absolute Gasteiger partial charge is 0.393 e. The van der Waals surface area contributed by atoms with E-state index in [1.807, 2.05) is 0 Å². The molecule has 1 rings (SSSR count). The Morgan fingerprint density at radius 2 is 2.50 bits per heavy atom. The van der Waals surface area contributed by atoms with Crippen molar-refractivity contribution in [2.24, 2.45) is 0 Å². The highest BCUT2D eigenvalue weighted by Gasteiger charge is 2.17. The molecular formula is C2H3NO4S. The fourth-order valence-corrected chi connectivity index (χ4v) is 0.572. The number of aldehydes is 1. The highest BCUT2D eigenvalue weighted by atomic mass is 32.3. The van der Waals surface area contributed by atoms with Crippen molar-refractivity contribution in [3.63, 3.8) is 0 Å². The number of thiol groups is 1. The minimum atomic E-state index is -1.23. The fraction of sp³-hybridized carbons (Fsp3) is 0. The lowest BCUT2D eigenvalue weighted by Crippen LogP contribution is -1.98. The molecule has 0 saturated carbocycles. The Morgan fingerprint density at radius 1 is 1.88 bits per heavy atom. The SMILES string of the molecule is O=CC(=O)O[SH]1NO1. The Kier molecular flexibility index (Phi) is 1.47. The number of nitrogens with one attached hydrogen (secondary N) is 1.